The van der Waals surface area contributed by atoms with E-state index >= 15 is 0 Å². The molecule has 0 aliphatic heterocycles. The molecule has 0 heterocycles. The van der Waals surface area contributed by atoms with Gasteiger partial charge < -0.3 is 0 Å². The lowest BCUT2D eigenvalue weighted by molar-refractivity contribution is 0.791. The molecule has 0 radical (unpaired) electrons. The molecule has 0 saturated carbocycles. The van der Waals surface area contributed by atoms with Crippen LogP contribution in [0.15, 0.2) is 34.8 Å². The van der Waals surface area contributed by atoms with E-state index in [4.69, 9.17) is 0 Å². The molecule has 2 aromatic carbocycles. The van der Waals surface area contributed by atoms with Crippen LogP contribution in [0.1, 0.15) is 37.3 Å². The molecular weight excluding hydrogens is 320 g/mol. The van der Waals surface area contributed by atoms with Crippen LogP contribution in [0.25, 0.3) is 11.6 Å². The summed E-state index contributed by atoms with van der Waals surface area (Å²) in [7, 11) is 0. The fourth-order valence-electron chi connectivity index (χ4n) is 3.94. The van der Waals surface area contributed by atoms with Crippen molar-refractivity contribution >= 4 is 27.6 Å². The van der Waals surface area contributed by atoms with Gasteiger partial charge in [0.25, 0.3) is 0 Å². The van der Waals surface area contributed by atoms with Gasteiger partial charge in [0.1, 0.15) is 0 Å². The third kappa shape index (κ3) is 2.10. The number of benzene rings is 2. The molecule has 0 nitrogen and oxygen atoms in total. The molecule has 0 N–H and O–H groups in total. The number of fused-ring (bicyclic) bond motifs is 4. The van der Waals surface area contributed by atoms with Crippen molar-refractivity contribution in [2.24, 2.45) is 0 Å². The van der Waals surface area contributed by atoms with E-state index in [1.54, 1.807) is 21.9 Å². The molecule has 0 fully saturated rings. The minimum absolute atomic E-state index is 1.08. The quantitative estimate of drug-likeness (QED) is 0.738. The zero-order valence-electron chi connectivity index (χ0n) is 12.4. The molecule has 2 aliphatic rings. The fraction of sp³-hybridized carbons (Fsp3) is 0.300. The molecule has 0 atom stereocenters. The van der Waals surface area contributed by atoms with Crippen LogP contribution >= 0.6 is 15.9 Å². The smallest absolute Gasteiger partial charge is 0.0181 e. The molecule has 0 unspecified atom stereocenters. The Balaban J connectivity index is 2.17. The summed E-state index contributed by atoms with van der Waals surface area (Å²) in [4.78, 5) is 0. The highest BCUT2D eigenvalue weighted by Gasteiger charge is 2.14. The van der Waals surface area contributed by atoms with Gasteiger partial charge in [0, 0.05) is 4.47 Å². The summed E-state index contributed by atoms with van der Waals surface area (Å²) in [5.74, 6) is 0. The topological polar surface area (TPSA) is 0 Å². The van der Waals surface area contributed by atoms with Crippen molar-refractivity contribution in [1.29, 1.82) is 0 Å². The van der Waals surface area contributed by atoms with E-state index in [0.717, 1.165) is 6.42 Å². The summed E-state index contributed by atoms with van der Waals surface area (Å²) in [5, 5.41) is 5.77. The Kier molecular flexibility index (Phi) is 3.26. The van der Waals surface area contributed by atoms with Gasteiger partial charge in [-0.1, -0.05) is 52.7 Å². The van der Waals surface area contributed by atoms with E-state index in [0.29, 0.717) is 0 Å². The number of halogens is 1. The predicted octanol–water partition coefficient (Wildman–Crippen LogP) is 3.97. The largest absolute Gasteiger partial charge is 0.0722 e. The minimum Gasteiger partial charge on any atom is -0.0722 e. The lowest BCUT2D eigenvalue weighted by Crippen LogP contribution is -2.22. The van der Waals surface area contributed by atoms with E-state index in [9.17, 15) is 0 Å². The van der Waals surface area contributed by atoms with Gasteiger partial charge in [-0.25, -0.2) is 0 Å². The molecule has 21 heavy (non-hydrogen) atoms. The molecule has 4 rings (SSSR count). The molecule has 2 aromatic rings. The third-order valence-electron chi connectivity index (χ3n) is 4.97. The number of hydrogen-bond donors (Lipinski definition) is 0. The Morgan fingerprint density at radius 3 is 2.62 bits per heavy atom. The summed E-state index contributed by atoms with van der Waals surface area (Å²) in [6, 6.07) is 11.4. The maximum atomic E-state index is 3.58. The van der Waals surface area contributed by atoms with Crippen LogP contribution in [-0.2, 0) is 12.8 Å². The van der Waals surface area contributed by atoms with Gasteiger partial charge in [0.15, 0.2) is 0 Å². The van der Waals surface area contributed by atoms with Gasteiger partial charge in [0.2, 0.25) is 0 Å². The lowest BCUT2D eigenvalue weighted by atomic mass is 9.85. The highest BCUT2D eigenvalue weighted by Crippen LogP contribution is 2.22. The molecular formula is C20H19Br. The van der Waals surface area contributed by atoms with Gasteiger partial charge in [-0.2, -0.15) is 0 Å². The molecule has 1 heteroatoms. The van der Waals surface area contributed by atoms with E-state index < -0.39 is 0 Å². The first-order valence-electron chi connectivity index (χ1n) is 7.91. The Morgan fingerprint density at radius 1 is 0.952 bits per heavy atom. The first kappa shape index (κ1) is 13.3. The summed E-state index contributed by atoms with van der Waals surface area (Å²) in [6.07, 6.45) is 8.53. The van der Waals surface area contributed by atoms with Gasteiger partial charge in [-0.3, -0.25) is 0 Å². The van der Waals surface area contributed by atoms with Crippen molar-refractivity contribution in [2.45, 2.75) is 39.0 Å². The van der Waals surface area contributed by atoms with Crippen molar-refractivity contribution in [2.75, 3.05) is 0 Å². The van der Waals surface area contributed by atoms with Crippen molar-refractivity contribution in [1.82, 2.24) is 0 Å². The van der Waals surface area contributed by atoms with Crippen LogP contribution in [0.5, 0.6) is 0 Å². The van der Waals surface area contributed by atoms with Crippen LogP contribution in [0, 0.1) is 10.4 Å². The van der Waals surface area contributed by atoms with Crippen LogP contribution < -0.4 is 10.4 Å². The van der Waals surface area contributed by atoms with E-state index in [2.05, 4.69) is 59.3 Å². The maximum absolute atomic E-state index is 3.58. The van der Waals surface area contributed by atoms with Gasteiger partial charge in [0.05, 0.1) is 0 Å². The molecule has 0 spiro atoms. The summed E-state index contributed by atoms with van der Waals surface area (Å²) < 4.78 is 1.17. The standard InChI is InChI=1S/C20H19Br/c1-2-13-4-3-5-18-16(13)10-11-19-17-9-7-15(21)12-14(17)6-8-20(18)19/h6-7,9-12H,2-5,8H2,1H3. The van der Waals surface area contributed by atoms with E-state index in [1.165, 1.54) is 45.8 Å². The molecule has 0 saturated heterocycles. The maximum Gasteiger partial charge on any atom is 0.0181 e. The summed E-state index contributed by atoms with van der Waals surface area (Å²) in [6.45, 7) is 2.29. The van der Waals surface area contributed by atoms with Gasteiger partial charge in [-0.15, -0.1) is 0 Å². The van der Waals surface area contributed by atoms with Crippen molar-refractivity contribution in [3.63, 3.8) is 0 Å². The Labute approximate surface area is 133 Å². The zero-order valence-corrected chi connectivity index (χ0v) is 14.0. The van der Waals surface area contributed by atoms with Crippen LogP contribution in [0.3, 0.4) is 0 Å². The highest BCUT2D eigenvalue weighted by molar-refractivity contribution is 9.10. The predicted molar refractivity (Wildman–Crippen MR) is 92.3 cm³/mol. The molecule has 0 bridgehead atoms. The van der Waals surface area contributed by atoms with Gasteiger partial charge in [-0.05, 0) is 76.2 Å². The van der Waals surface area contributed by atoms with Crippen LogP contribution in [-0.4, -0.2) is 0 Å². The summed E-state index contributed by atoms with van der Waals surface area (Å²) >= 11 is 3.58. The lowest BCUT2D eigenvalue weighted by Gasteiger charge is -2.20. The second kappa shape index (κ2) is 5.14. The zero-order chi connectivity index (χ0) is 14.4. The Hall–Kier alpha value is -1.34. The SMILES string of the molecule is CCC1=c2ccc3c(c2CCC1)CC=c1cc(Br)ccc1=3. The molecule has 0 aromatic heterocycles. The van der Waals surface area contributed by atoms with Crippen molar-refractivity contribution < 1.29 is 0 Å². The third-order valence-corrected chi connectivity index (χ3v) is 5.47. The first-order chi connectivity index (χ1) is 10.3. The monoisotopic (exact) mass is 338 g/mol. The van der Waals surface area contributed by atoms with Crippen molar-refractivity contribution in [3.05, 3.63) is 66.8 Å². The van der Waals surface area contributed by atoms with Gasteiger partial charge >= 0.3 is 0 Å². The average Bonchev–Trinajstić information content (AvgIpc) is 2.53. The van der Waals surface area contributed by atoms with Crippen LogP contribution in [0.2, 0.25) is 0 Å². The fourth-order valence-corrected chi connectivity index (χ4v) is 4.31. The highest BCUT2D eigenvalue weighted by atomic mass is 79.9. The van der Waals surface area contributed by atoms with Crippen molar-refractivity contribution in [3.8, 4) is 0 Å². The summed E-state index contributed by atoms with van der Waals surface area (Å²) in [5.41, 5.74) is 4.86. The number of hydrogen-bond acceptors (Lipinski definition) is 0. The van der Waals surface area contributed by atoms with E-state index in [1.807, 2.05) is 0 Å². The minimum atomic E-state index is 1.08. The Morgan fingerprint density at radius 2 is 1.76 bits per heavy atom. The second-order valence-electron chi connectivity index (χ2n) is 6.07. The molecule has 2 aliphatic carbocycles. The van der Waals surface area contributed by atoms with Crippen LogP contribution in [0.4, 0.5) is 0 Å². The van der Waals surface area contributed by atoms with E-state index in [-0.39, 0.29) is 0 Å². The normalized spacial score (nSPS) is 15.8. The average molecular weight is 339 g/mol. The molecule has 0 amide bonds. The second-order valence-corrected chi connectivity index (χ2v) is 6.98. The number of rotatable bonds is 1. The Bertz CT molecular complexity index is 935. The first-order valence-corrected chi connectivity index (χ1v) is 8.70. The molecule has 106 valence electrons.